The number of hydrogen-bond acceptors (Lipinski definition) is 4. The van der Waals surface area contributed by atoms with Crippen molar-refractivity contribution in [1.29, 1.82) is 0 Å². The number of anilines is 1. The molecule has 26 heavy (non-hydrogen) atoms. The normalized spacial score (nSPS) is 15.0. The molecule has 0 saturated carbocycles. The van der Waals surface area contributed by atoms with Crippen LogP contribution < -0.4 is 10.6 Å². The van der Waals surface area contributed by atoms with Crippen molar-refractivity contribution in [2.24, 2.45) is 0 Å². The molecule has 0 atom stereocenters. The van der Waals surface area contributed by atoms with Gasteiger partial charge in [-0.25, -0.2) is 9.37 Å². The van der Waals surface area contributed by atoms with Crippen LogP contribution in [0.5, 0.6) is 0 Å². The zero-order chi connectivity index (χ0) is 17.8. The van der Waals surface area contributed by atoms with Gasteiger partial charge in [0, 0.05) is 17.2 Å². The largest absolute Gasteiger partial charge is 0.366 e. The van der Waals surface area contributed by atoms with E-state index in [9.17, 15) is 0 Å². The van der Waals surface area contributed by atoms with Crippen molar-refractivity contribution in [2.75, 3.05) is 18.4 Å². The van der Waals surface area contributed by atoms with Gasteiger partial charge in [0.2, 0.25) is 0 Å². The SMILES string of the molecule is Fc1c(-c2ccccc2)cccc1-c1cnc(NC2CCNCC2)cn1. The molecule has 2 N–H and O–H groups in total. The summed E-state index contributed by atoms with van der Waals surface area (Å²) in [4.78, 5) is 8.86. The van der Waals surface area contributed by atoms with Crippen molar-refractivity contribution in [3.8, 4) is 22.4 Å². The summed E-state index contributed by atoms with van der Waals surface area (Å²) in [6.07, 6.45) is 5.46. The predicted octanol–water partition coefficient (Wildman–Crippen LogP) is 4.11. The van der Waals surface area contributed by atoms with E-state index in [0.29, 0.717) is 22.9 Å². The third-order valence-electron chi connectivity index (χ3n) is 4.70. The minimum atomic E-state index is -0.271. The lowest BCUT2D eigenvalue weighted by Gasteiger charge is -2.23. The molecule has 0 bridgehead atoms. The van der Waals surface area contributed by atoms with Gasteiger partial charge in [0.05, 0.1) is 18.1 Å². The van der Waals surface area contributed by atoms with Gasteiger partial charge in [-0.1, -0.05) is 42.5 Å². The van der Waals surface area contributed by atoms with Crippen molar-refractivity contribution < 1.29 is 4.39 Å². The summed E-state index contributed by atoms with van der Waals surface area (Å²) in [5.41, 5.74) is 2.43. The molecule has 0 amide bonds. The zero-order valence-electron chi connectivity index (χ0n) is 14.5. The number of nitrogens with one attached hydrogen (secondary N) is 2. The number of nitrogens with zero attached hydrogens (tertiary/aromatic N) is 2. The van der Waals surface area contributed by atoms with Gasteiger partial charge in [0.1, 0.15) is 11.6 Å². The Hall–Kier alpha value is -2.79. The van der Waals surface area contributed by atoms with Crippen molar-refractivity contribution in [3.05, 3.63) is 66.7 Å². The second-order valence-corrected chi connectivity index (χ2v) is 6.49. The number of hydrogen-bond donors (Lipinski definition) is 2. The molecule has 1 aromatic heterocycles. The van der Waals surface area contributed by atoms with Gasteiger partial charge in [-0.3, -0.25) is 4.98 Å². The van der Waals surface area contributed by atoms with E-state index < -0.39 is 0 Å². The quantitative estimate of drug-likeness (QED) is 0.745. The lowest BCUT2D eigenvalue weighted by atomic mass is 10.0. The molecule has 1 fully saturated rings. The first kappa shape index (κ1) is 16.7. The van der Waals surface area contributed by atoms with Crippen LogP contribution in [0.1, 0.15) is 12.8 Å². The molecule has 2 heterocycles. The molecular weight excluding hydrogens is 327 g/mol. The van der Waals surface area contributed by atoms with Crippen LogP contribution in [-0.4, -0.2) is 29.1 Å². The highest BCUT2D eigenvalue weighted by atomic mass is 19.1. The minimum Gasteiger partial charge on any atom is -0.366 e. The van der Waals surface area contributed by atoms with E-state index in [2.05, 4.69) is 20.6 Å². The summed E-state index contributed by atoms with van der Waals surface area (Å²) in [7, 11) is 0. The van der Waals surface area contributed by atoms with Crippen LogP contribution in [0.3, 0.4) is 0 Å². The van der Waals surface area contributed by atoms with E-state index in [1.54, 1.807) is 24.5 Å². The number of rotatable bonds is 4. The van der Waals surface area contributed by atoms with Gasteiger partial charge in [-0.2, -0.15) is 0 Å². The van der Waals surface area contributed by atoms with Gasteiger partial charge in [0.15, 0.2) is 0 Å². The van der Waals surface area contributed by atoms with Crippen LogP contribution in [-0.2, 0) is 0 Å². The van der Waals surface area contributed by atoms with Gasteiger partial charge < -0.3 is 10.6 Å². The van der Waals surface area contributed by atoms with Crippen LogP contribution in [0, 0.1) is 5.82 Å². The fourth-order valence-electron chi connectivity index (χ4n) is 3.29. The van der Waals surface area contributed by atoms with E-state index in [4.69, 9.17) is 0 Å². The molecule has 1 aliphatic rings. The van der Waals surface area contributed by atoms with Crippen molar-refractivity contribution in [3.63, 3.8) is 0 Å². The summed E-state index contributed by atoms with van der Waals surface area (Å²) < 4.78 is 15.0. The molecule has 1 aliphatic heterocycles. The maximum absolute atomic E-state index is 15.0. The Morgan fingerprint density at radius 2 is 1.65 bits per heavy atom. The Balaban J connectivity index is 1.58. The summed E-state index contributed by atoms with van der Waals surface area (Å²) in [5.74, 6) is 0.465. The third kappa shape index (κ3) is 3.58. The van der Waals surface area contributed by atoms with E-state index in [1.807, 2.05) is 36.4 Å². The Labute approximate surface area is 152 Å². The first-order valence-electron chi connectivity index (χ1n) is 8.95. The molecule has 4 nitrogen and oxygen atoms in total. The third-order valence-corrected chi connectivity index (χ3v) is 4.70. The molecule has 0 spiro atoms. The molecule has 1 saturated heterocycles. The van der Waals surface area contributed by atoms with E-state index in [1.165, 1.54) is 0 Å². The van der Waals surface area contributed by atoms with Crippen molar-refractivity contribution in [1.82, 2.24) is 15.3 Å². The Morgan fingerprint density at radius 3 is 2.38 bits per heavy atom. The first-order valence-corrected chi connectivity index (χ1v) is 8.95. The molecule has 0 radical (unpaired) electrons. The maximum atomic E-state index is 15.0. The van der Waals surface area contributed by atoms with Gasteiger partial charge in [0.25, 0.3) is 0 Å². The predicted molar refractivity (Wildman–Crippen MR) is 102 cm³/mol. The maximum Gasteiger partial charge on any atom is 0.144 e. The van der Waals surface area contributed by atoms with Gasteiger partial charge >= 0.3 is 0 Å². The highest BCUT2D eigenvalue weighted by molar-refractivity contribution is 5.72. The fraction of sp³-hybridized carbons (Fsp3) is 0.238. The second-order valence-electron chi connectivity index (χ2n) is 6.49. The standard InChI is InChI=1S/C21H21FN4/c22-21-17(15-5-2-1-3-6-15)7-4-8-18(21)19-13-25-20(14-24-19)26-16-9-11-23-12-10-16/h1-8,13-14,16,23H,9-12H2,(H,25,26). The van der Waals surface area contributed by atoms with E-state index >= 15 is 4.39 Å². The van der Waals surface area contributed by atoms with Crippen molar-refractivity contribution >= 4 is 5.82 Å². The topological polar surface area (TPSA) is 49.8 Å². The van der Waals surface area contributed by atoms with Gasteiger partial charge in [-0.15, -0.1) is 0 Å². The molecule has 5 heteroatoms. The van der Waals surface area contributed by atoms with Crippen LogP contribution in [0.2, 0.25) is 0 Å². The average molecular weight is 348 g/mol. The zero-order valence-corrected chi connectivity index (χ0v) is 14.5. The summed E-state index contributed by atoms with van der Waals surface area (Å²) in [6.45, 7) is 2.03. The summed E-state index contributed by atoms with van der Waals surface area (Å²) >= 11 is 0. The molecule has 3 aromatic rings. The lowest BCUT2D eigenvalue weighted by molar-refractivity contribution is 0.478. The van der Waals surface area contributed by atoms with E-state index in [-0.39, 0.29) is 5.82 Å². The highest BCUT2D eigenvalue weighted by Crippen LogP contribution is 2.29. The number of piperidine rings is 1. The second kappa shape index (κ2) is 7.62. The van der Waals surface area contributed by atoms with Gasteiger partial charge in [-0.05, 0) is 37.6 Å². The van der Waals surface area contributed by atoms with Crippen LogP contribution in [0.25, 0.3) is 22.4 Å². The van der Waals surface area contributed by atoms with Crippen LogP contribution in [0.15, 0.2) is 60.9 Å². The number of halogens is 1. The minimum absolute atomic E-state index is 0.271. The molecule has 132 valence electrons. The molecule has 0 unspecified atom stereocenters. The Kier molecular flexibility index (Phi) is 4.88. The average Bonchev–Trinajstić information content (AvgIpc) is 2.70. The Bertz CT molecular complexity index is 859. The Morgan fingerprint density at radius 1 is 0.885 bits per heavy atom. The van der Waals surface area contributed by atoms with E-state index in [0.717, 1.165) is 37.3 Å². The molecule has 0 aliphatic carbocycles. The lowest BCUT2D eigenvalue weighted by Crippen LogP contribution is -2.35. The van der Waals surface area contributed by atoms with Crippen molar-refractivity contribution in [2.45, 2.75) is 18.9 Å². The molecule has 2 aromatic carbocycles. The van der Waals surface area contributed by atoms with Crippen LogP contribution >= 0.6 is 0 Å². The smallest absolute Gasteiger partial charge is 0.144 e. The summed E-state index contributed by atoms with van der Waals surface area (Å²) in [5, 5.41) is 6.74. The number of aromatic nitrogens is 2. The molecule has 4 rings (SSSR count). The highest BCUT2D eigenvalue weighted by Gasteiger charge is 2.15. The monoisotopic (exact) mass is 348 g/mol. The first-order chi connectivity index (χ1) is 12.8. The number of benzene rings is 2. The molecular formula is C21H21FN4. The summed E-state index contributed by atoms with van der Waals surface area (Å²) in [6, 6.07) is 15.3. The fourth-order valence-corrected chi connectivity index (χ4v) is 3.29. The van der Waals surface area contributed by atoms with Crippen LogP contribution in [0.4, 0.5) is 10.2 Å².